The molecule has 0 N–H and O–H groups in total. The van der Waals surface area contributed by atoms with Gasteiger partial charge in [0.2, 0.25) is 0 Å². The van der Waals surface area contributed by atoms with Crippen LogP contribution in [0.2, 0.25) is 5.02 Å². The molecule has 0 atom stereocenters. The second-order valence-corrected chi connectivity index (χ2v) is 4.12. The number of fused-ring (bicyclic) bond motifs is 3. The predicted octanol–water partition coefficient (Wildman–Crippen LogP) is 4.05. The summed E-state index contributed by atoms with van der Waals surface area (Å²) in [7, 11) is 0. The molecule has 0 aliphatic heterocycles. The van der Waals surface area contributed by atoms with E-state index in [-0.39, 0.29) is 5.82 Å². The molecule has 1 aliphatic rings. The Morgan fingerprint density at radius 2 is 1.87 bits per heavy atom. The molecule has 0 bridgehead atoms. The van der Waals surface area contributed by atoms with Gasteiger partial charge in [-0.05, 0) is 28.8 Å². The molecule has 0 amide bonds. The Morgan fingerprint density at radius 3 is 2.73 bits per heavy atom. The zero-order valence-electron chi connectivity index (χ0n) is 7.93. The molecule has 0 saturated heterocycles. The molecular weight excluding hydrogens is 211 g/mol. The van der Waals surface area contributed by atoms with Crippen molar-refractivity contribution in [3.05, 3.63) is 58.4 Å². The Balaban J connectivity index is 2.37. The minimum Gasteiger partial charge on any atom is -0.206 e. The lowest BCUT2D eigenvalue weighted by Crippen LogP contribution is -1.86. The zero-order valence-corrected chi connectivity index (χ0v) is 8.68. The van der Waals surface area contributed by atoms with Crippen LogP contribution in [0.15, 0.2) is 36.4 Å². The fraction of sp³-hybridized carbons (Fsp3) is 0.0769. The first kappa shape index (κ1) is 8.93. The molecule has 74 valence electrons. The Bertz CT molecular complexity index is 546. The van der Waals surface area contributed by atoms with E-state index in [2.05, 4.69) is 0 Å². The molecule has 2 aromatic rings. The summed E-state index contributed by atoms with van der Waals surface area (Å²) in [5.41, 5.74) is 3.72. The standard InChI is InChI=1S/C13H8ClF/c14-11-5-6-12(15)13-9-4-2-1-3-8(9)7-10(11)13/h1-6H,7H2. The first-order valence-corrected chi connectivity index (χ1v) is 5.20. The maximum atomic E-state index is 13.7. The van der Waals surface area contributed by atoms with Gasteiger partial charge in [-0.3, -0.25) is 0 Å². The third-order valence-electron chi connectivity index (χ3n) is 2.86. The Labute approximate surface area is 92.3 Å². The Morgan fingerprint density at radius 1 is 1.07 bits per heavy atom. The number of hydrogen-bond acceptors (Lipinski definition) is 0. The molecule has 0 fully saturated rings. The molecule has 15 heavy (non-hydrogen) atoms. The SMILES string of the molecule is Fc1ccc(Cl)c2c1-c1ccccc1C2. The van der Waals surface area contributed by atoms with Crippen molar-refractivity contribution in [3.63, 3.8) is 0 Å². The van der Waals surface area contributed by atoms with E-state index in [9.17, 15) is 4.39 Å². The lowest BCUT2D eigenvalue weighted by molar-refractivity contribution is 0.631. The van der Waals surface area contributed by atoms with E-state index in [0.29, 0.717) is 10.6 Å². The maximum Gasteiger partial charge on any atom is 0.131 e. The smallest absolute Gasteiger partial charge is 0.131 e. The van der Waals surface area contributed by atoms with Crippen molar-refractivity contribution < 1.29 is 4.39 Å². The van der Waals surface area contributed by atoms with Gasteiger partial charge in [-0.15, -0.1) is 0 Å². The van der Waals surface area contributed by atoms with Crippen LogP contribution in [-0.4, -0.2) is 0 Å². The quantitative estimate of drug-likeness (QED) is 0.534. The van der Waals surface area contributed by atoms with E-state index in [1.165, 1.54) is 6.07 Å². The van der Waals surface area contributed by atoms with Crippen LogP contribution >= 0.6 is 11.6 Å². The monoisotopic (exact) mass is 218 g/mol. The van der Waals surface area contributed by atoms with E-state index >= 15 is 0 Å². The Hall–Kier alpha value is -1.34. The molecule has 0 aromatic heterocycles. The van der Waals surface area contributed by atoms with E-state index in [1.807, 2.05) is 24.3 Å². The van der Waals surface area contributed by atoms with Crippen molar-refractivity contribution in [2.24, 2.45) is 0 Å². The summed E-state index contributed by atoms with van der Waals surface area (Å²) in [6, 6.07) is 10.9. The van der Waals surface area contributed by atoms with Gasteiger partial charge in [0.15, 0.2) is 0 Å². The molecule has 1 aliphatic carbocycles. The van der Waals surface area contributed by atoms with Crippen molar-refractivity contribution in [2.75, 3.05) is 0 Å². The van der Waals surface area contributed by atoms with Crippen LogP contribution in [0, 0.1) is 5.82 Å². The van der Waals surface area contributed by atoms with Crippen LogP contribution in [0.3, 0.4) is 0 Å². The molecule has 2 heteroatoms. The molecule has 3 rings (SSSR count). The number of hydrogen-bond donors (Lipinski definition) is 0. The summed E-state index contributed by atoms with van der Waals surface area (Å²) < 4.78 is 13.7. The van der Waals surface area contributed by atoms with Crippen molar-refractivity contribution in [1.29, 1.82) is 0 Å². The van der Waals surface area contributed by atoms with Crippen molar-refractivity contribution >= 4 is 11.6 Å². The van der Waals surface area contributed by atoms with Crippen LogP contribution in [0.5, 0.6) is 0 Å². The maximum absolute atomic E-state index is 13.7. The highest BCUT2D eigenvalue weighted by atomic mass is 35.5. The second kappa shape index (κ2) is 3.07. The van der Waals surface area contributed by atoms with Crippen molar-refractivity contribution in [1.82, 2.24) is 0 Å². The van der Waals surface area contributed by atoms with Crippen LogP contribution < -0.4 is 0 Å². The van der Waals surface area contributed by atoms with Crippen molar-refractivity contribution in [2.45, 2.75) is 6.42 Å². The van der Waals surface area contributed by atoms with Gasteiger partial charge in [0.25, 0.3) is 0 Å². The lowest BCUT2D eigenvalue weighted by Gasteiger charge is -2.03. The first-order valence-electron chi connectivity index (χ1n) is 4.82. The second-order valence-electron chi connectivity index (χ2n) is 3.72. The van der Waals surface area contributed by atoms with E-state index in [4.69, 9.17) is 11.6 Å². The third kappa shape index (κ3) is 1.20. The highest BCUT2D eigenvalue weighted by Crippen LogP contribution is 2.41. The summed E-state index contributed by atoms with van der Waals surface area (Å²) in [6.45, 7) is 0. The Kier molecular flexibility index (Phi) is 1.83. The molecule has 0 heterocycles. The van der Waals surface area contributed by atoms with E-state index < -0.39 is 0 Å². The van der Waals surface area contributed by atoms with Gasteiger partial charge in [-0.2, -0.15) is 0 Å². The summed E-state index contributed by atoms with van der Waals surface area (Å²) in [5.74, 6) is -0.181. The van der Waals surface area contributed by atoms with Gasteiger partial charge in [0.05, 0.1) is 0 Å². The molecule has 0 spiro atoms. The lowest BCUT2D eigenvalue weighted by atomic mass is 10.1. The minimum absolute atomic E-state index is 0.181. The van der Waals surface area contributed by atoms with Gasteiger partial charge in [0, 0.05) is 17.0 Å². The van der Waals surface area contributed by atoms with Crippen LogP contribution in [0.25, 0.3) is 11.1 Å². The summed E-state index contributed by atoms with van der Waals surface area (Å²) in [6.07, 6.45) is 0.738. The topological polar surface area (TPSA) is 0 Å². The minimum atomic E-state index is -0.181. The van der Waals surface area contributed by atoms with Crippen LogP contribution in [0.1, 0.15) is 11.1 Å². The number of benzene rings is 2. The van der Waals surface area contributed by atoms with Gasteiger partial charge in [-0.25, -0.2) is 4.39 Å². The molecular formula is C13H8ClF. The molecule has 0 radical (unpaired) electrons. The van der Waals surface area contributed by atoms with Crippen LogP contribution in [-0.2, 0) is 6.42 Å². The largest absolute Gasteiger partial charge is 0.206 e. The van der Waals surface area contributed by atoms with Gasteiger partial charge in [-0.1, -0.05) is 35.9 Å². The third-order valence-corrected chi connectivity index (χ3v) is 3.21. The van der Waals surface area contributed by atoms with Gasteiger partial charge in [0.1, 0.15) is 5.82 Å². The summed E-state index contributed by atoms with van der Waals surface area (Å²) >= 11 is 6.07. The van der Waals surface area contributed by atoms with Gasteiger partial charge >= 0.3 is 0 Å². The zero-order chi connectivity index (χ0) is 10.4. The van der Waals surface area contributed by atoms with E-state index in [0.717, 1.165) is 23.1 Å². The van der Waals surface area contributed by atoms with Crippen molar-refractivity contribution in [3.8, 4) is 11.1 Å². The fourth-order valence-electron chi connectivity index (χ4n) is 2.17. The normalized spacial score (nSPS) is 12.4. The fourth-order valence-corrected chi connectivity index (χ4v) is 2.39. The summed E-state index contributed by atoms with van der Waals surface area (Å²) in [4.78, 5) is 0. The number of halogens is 2. The first-order chi connectivity index (χ1) is 7.27. The van der Waals surface area contributed by atoms with E-state index in [1.54, 1.807) is 6.07 Å². The predicted molar refractivity (Wildman–Crippen MR) is 59.7 cm³/mol. The van der Waals surface area contributed by atoms with Gasteiger partial charge < -0.3 is 0 Å². The highest BCUT2D eigenvalue weighted by Gasteiger charge is 2.23. The molecule has 0 saturated carbocycles. The highest BCUT2D eigenvalue weighted by molar-refractivity contribution is 6.32. The number of rotatable bonds is 0. The average molecular weight is 219 g/mol. The van der Waals surface area contributed by atoms with Crippen LogP contribution in [0.4, 0.5) is 4.39 Å². The molecule has 2 aromatic carbocycles. The molecule has 0 unspecified atom stereocenters. The molecule has 0 nitrogen and oxygen atoms in total. The average Bonchev–Trinajstić information content (AvgIpc) is 2.64. The summed E-state index contributed by atoms with van der Waals surface area (Å²) in [5, 5.41) is 0.655.